The van der Waals surface area contributed by atoms with Crippen molar-refractivity contribution in [1.82, 2.24) is 0 Å². The van der Waals surface area contributed by atoms with Crippen LogP contribution >= 0.6 is 0 Å². The van der Waals surface area contributed by atoms with Gasteiger partial charge in [0.2, 0.25) is 0 Å². The first kappa shape index (κ1) is 13.3. The molecule has 0 spiro atoms. The van der Waals surface area contributed by atoms with Crippen LogP contribution in [0.15, 0.2) is 65.7 Å². The number of fused-ring (bicyclic) bond motifs is 1. The number of rotatable bonds is 3. The highest BCUT2D eigenvalue weighted by molar-refractivity contribution is 6.02. The molecule has 0 aromatic heterocycles. The van der Waals surface area contributed by atoms with E-state index in [1.54, 1.807) is 25.5 Å². The van der Waals surface area contributed by atoms with E-state index >= 15 is 0 Å². The first-order valence-electron chi connectivity index (χ1n) is 6.63. The zero-order valence-electron chi connectivity index (χ0n) is 11.6. The summed E-state index contributed by atoms with van der Waals surface area (Å²) < 4.78 is 18.2. The van der Waals surface area contributed by atoms with Crippen LogP contribution in [0, 0.1) is 5.82 Å². The minimum Gasteiger partial charge on any atom is -0.496 e. The van der Waals surface area contributed by atoms with Gasteiger partial charge in [-0.1, -0.05) is 24.3 Å². The molecule has 0 saturated carbocycles. The highest BCUT2D eigenvalue weighted by Crippen LogP contribution is 2.27. The van der Waals surface area contributed by atoms with Gasteiger partial charge in [-0.3, -0.25) is 4.99 Å². The minimum absolute atomic E-state index is 0.260. The van der Waals surface area contributed by atoms with Gasteiger partial charge in [0.05, 0.1) is 12.8 Å². The zero-order chi connectivity index (χ0) is 14.7. The van der Waals surface area contributed by atoms with E-state index in [1.165, 1.54) is 12.1 Å². The number of halogens is 1. The number of benzene rings is 3. The average Bonchev–Trinajstić information content (AvgIpc) is 2.54. The number of hydrogen-bond acceptors (Lipinski definition) is 2. The molecule has 0 unspecified atom stereocenters. The fourth-order valence-corrected chi connectivity index (χ4v) is 2.26. The minimum atomic E-state index is -0.260. The number of nitrogens with zero attached hydrogens (tertiary/aromatic N) is 1. The lowest BCUT2D eigenvalue weighted by molar-refractivity contribution is 0.420. The summed E-state index contributed by atoms with van der Waals surface area (Å²) in [5.74, 6) is 0.577. The van der Waals surface area contributed by atoms with Crippen molar-refractivity contribution < 1.29 is 9.13 Å². The predicted octanol–water partition coefficient (Wildman–Crippen LogP) is 4.74. The summed E-state index contributed by atoms with van der Waals surface area (Å²) in [6.07, 6.45) is 1.79. The van der Waals surface area contributed by atoms with E-state index in [2.05, 4.69) is 4.99 Å². The SMILES string of the molecule is COc1ccc(/C=N/c2ccc(F)cc2)c2ccccc12. The third-order valence-corrected chi connectivity index (χ3v) is 3.32. The molecule has 0 aliphatic carbocycles. The molecule has 0 aliphatic heterocycles. The number of ether oxygens (including phenoxy) is 1. The standard InChI is InChI=1S/C18H14FNO/c1-21-18-11-6-13(16-4-2-3-5-17(16)18)12-20-15-9-7-14(19)8-10-15/h2-12H,1H3/b20-12+. The van der Waals surface area contributed by atoms with Gasteiger partial charge < -0.3 is 4.74 Å². The van der Waals surface area contributed by atoms with Crippen LogP contribution in [0.3, 0.4) is 0 Å². The molecule has 3 aromatic rings. The van der Waals surface area contributed by atoms with Gasteiger partial charge in [-0.05, 0) is 41.8 Å². The van der Waals surface area contributed by atoms with Crippen molar-refractivity contribution >= 4 is 22.7 Å². The molecule has 0 heterocycles. The quantitative estimate of drug-likeness (QED) is 0.635. The summed E-state index contributed by atoms with van der Waals surface area (Å²) in [6, 6.07) is 18.0. The van der Waals surface area contributed by atoms with Gasteiger partial charge >= 0.3 is 0 Å². The normalized spacial score (nSPS) is 11.1. The van der Waals surface area contributed by atoms with E-state index in [1.807, 2.05) is 36.4 Å². The van der Waals surface area contributed by atoms with Crippen molar-refractivity contribution in [3.05, 3.63) is 72.0 Å². The molecule has 0 amide bonds. The van der Waals surface area contributed by atoms with Crippen LogP contribution in [0.2, 0.25) is 0 Å². The van der Waals surface area contributed by atoms with E-state index < -0.39 is 0 Å². The summed E-state index contributed by atoms with van der Waals surface area (Å²) in [5.41, 5.74) is 1.71. The Morgan fingerprint density at radius 1 is 0.905 bits per heavy atom. The van der Waals surface area contributed by atoms with Gasteiger partial charge in [-0.2, -0.15) is 0 Å². The van der Waals surface area contributed by atoms with Gasteiger partial charge in [-0.15, -0.1) is 0 Å². The Balaban J connectivity index is 2.03. The molecule has 0 radical (unpaired) electrons. The maximum absolute atomic E-state index is 12.9. The molecule has 0 bridgehead atoms. The Morgan fingerprint density at radius 3 is 2.33 bits per heavy atom. The van der Waals surface area contributed by atoms with Crippen LogP contribution < -0.4 is 4.74 Å². The van der Waals surface area contributed by atoms with Gasteiger partial charge in [0, 0.05) is 17.2 Å². The molecular weight excluding hydrogens is 265 g/mol. The van der Waals surface area contributed by atoms with Crippen molar-refractivity contribution in [2.24, 2.45) is 4.99 Å². The Morgan fingerprint density at radius 2 is 1.62 bits per heavy atom. The maximum Gasteiger partial charge on any atom is 0.126 e. The smallest absolute Gasteiger partial charge is 0.126 e. The maximum atomic E-state index is 12.9. The molecule has 2 nitrogen and oxygen atoms in total. The predicted molar refractivity (Wildman–Crippen MR) is 84.2 cm³/mol. The summed E-state index contributed by atoms with van der Waals surface area (Å²) in [5, 5.41) is 2.12. The van der Waals surface area contributed by atoms with Crippen LogP contribution in [0.25, 0.3) is 10.8 Å². The first-order valence-corrected chi connectivity index (χ1v) is 6.63. The van der Waals surface area contributed by atoms with Gasteiger partial charge in [0.25, 0.3) is 0 Å². The summed E-state index contributed by atoms with van der Waals surface area (Å²) >= 11 is 0. The van der Waals surface area contributed by atoms with E-state index in [0.717, 1.165) is 27.8 Å². The highest BCUT2D eigenvalue weighted by atomic mass is 19.1. The molecule has 0 saturated heterocycles. The molecule has 0 atom stereocenters. The van der Waals surface area contributed by atoms with Crippen LogP contribution in [0.4, 0.5) is 10.1 Å². The lowest BCUT2D eigenvalue weighted by Crippen LogP contribution is -1.89. The lowest BCUT2D eigenvalue weighted by Gasteiger charge is -2.07. The van der Waals surface area contributed by atoms with Crippen molar-refractivity contribution in [2.45, 2.75) is 0 Å². The molecule has 104 valence electrons. The molecule has 0 fully saturated rings. The molecular formula is C18H14FNO. The number of hydrogen-bond donors (Lipinski definition) is 0. The topological polar surface area (TPSA) is 21.6 Å². The van der Waals surface area contributed by atoms with E-state index in [9.17, 15) is 4.39 Å². The van der Waals surface area contributed by atoms with Crippen molar-refractivity contribution in [1.29, 1.82) is 0 Å². The third kappa shape index (κ3) is 2.77. The second-order valence-corrected chi connectivity index (χ2v) is 4.64. The second-order valence-electron chi connectivity index (χ2n) is 4.64. The Hall–Kier alpha value is -2.68. The summed E-state index contributed by atoms with van der Waals surface area (Å²) in [7, 11) is 1.66. The Bertz CT molecular complexity index is 794. The Kier molecular flexibility index (Phi) is 3.65. The molecule has 3 heteroatoms. The fraction of sp³-hybridized carbons (Fsp3) is 0.0556. The monoisotopic (exact) mass is 279 g/mol. The Labute approximate surface area is 122 Å². The van der Waals surface area contributed by atoms with Gasteiger partial charge in [0.1, 0.15) is 11.6 Å². The highest BCUT2D eigenvalue weighted by Gasteiger charge is 2.04. The second kappa shape index (κ2) is 5.75. The third-order valence-electron chi connectivity index (χ3n) is 3.32. The van der Waals surface area contributed by atoms with Crippen molar-refractivity contribution in [3.63, 3.8) is 0 Å². The van der Waals surface area contributed by atoms with Crippen molar-refractivity contribution in [2.75, 3.05) is 7.11 Å². The van der Waals surface area contributed by atoms with Gasteiger partial charge in [-0.25, -0.2) is 4.39 Å². The van der Waals surface area contributed by atoms with E-state index in [-0.39, 0.29) is 5.82 Å². The molecule has 0 N–H and O–H groups in total. The number of aliphatic imine (C=N–C) groups is 1. The van der Waals surface area contributed by atoms with Crippen molar-refractivity contribution in [3.8, 4) is 5.75 Å². The van der Waals surface area contributed by atoms with Gasteiger partial charge in [0.15, 0.2) is 0 Å². The van der Waals surface area contributed by atoms with E-state index in [0.29, 0.717) is 0 Å². The largest absolute Gasteiger partial charge is 0.496 e. The van der Waals surface area contributed by atoms with E-state index in [4.69, 9.17) is 4.74 Å². The number of methoxy groups -OCH3 is 1. The van der Waals surface area contributed by atoms with Crippen LogP contribution in [-0.2, 0) is 0 Å². The summed E-state index contributed by atoms with van der Waals surface area (Å²) in [6.45, 7) is 0. The lowest BCUT2D eigenvalue weighted by atomic mass is 10.0. The molecule has 21 heavy (non-hydrogen) atoms. The molecule has 0 aliphatic rings. The molecule has 3 rings (SSSR count). The average molecular weight is 279 g/mol. The van der Waals surface area contributed by atoms with Crippen LogP contribution in [-0.4, -0.2) is 13.3 Å². The zero-order valence-corrected chi connectivity index (χ0v) is 11.6. The first-order chi connectivity index (χ1) is 10.3. The molecule has 3 aromatic carbocycles. The van der Waals surface area contributed by atoms with Crippen LogP contribution in [0.5, 0.6) is 5.75 Å². The fourth-order valence-electron chi connectivity index (χ4n) is 2.26. The van der Waals surface area contributed by atoms with Crippen LogP contribution in [0.1, 0.15) is 5.56 Å². The summed E-state index contributed by atoms with van der Waals surface area (Å²) in [4.78, 5) is 4.39.